The van der Waals surface area contributed by atoms with Crippen LogP contribution in [0.25, 0.3) is 11.3 Å². The van der Waals surface area contributed by atoms with E-state index in [0.717, 1.165) is 17.1 Å². The summed E-state index contributed by atoms with van der Waals surface area (Å²) >= 11 is 18.5. The summed E-state index contributed by atoms with van der Waals surface area (Å²) in [5.74, 6) is 0.625. The van der Waals surface area contributed by atoms with Crippen LogP contribution in [-0.2, 0) is 0 Å². The highest BCUT2D eigenvalue weighted by Gasteiger charge is 2.27. The highest BCUT2D eigenvalue weighted by molar-refractivity contribution is 6.46. The molecule has 1 aliphatic rings. The van der Waals surface area contributed by atoms with Crippen LogP contribution in [0.15, 0.2) is 54.9 Å². The fourth-order valence-electron chi connectivity index (χ4n) is 3.31. The van der Waals surface area contributed by atoms with E-state index >= 15 is 0 Å². The van der Waals surface area contributed by atoms with Gasteiger partial charge in [-0.1, -0.05) is 65.1 Å². The number of carbonyl (C=O) groups is 1. The van der Waals surface area contributed by atoms with Gasteiger partial charge >= 0.3 is 0 Å². The van der Waals surface area contributed by atoms with Crippen molar-refractivity contribution < 1.29 is 4.79 Å². The first kappa shape index (κ1) is 20.0. The molecule has 4 rings (SSSR count). The average molecular weight is 448 g/mol. The van der Waals surface area contributed by atoms with E-state index in [0.29, 0.717) is 36.2 Å². The van der Waals surface area contributed by atoms with Gasteiger partial charge in [-0.15, -0.1) is 0 Å². The SMILES string of the molecule is O=C(c1c(Cl)ccc(Cl)c1Cl)N1CCN(c2cc(-c3ccccc3)ncn2)CC1. The van der Waals surface area contributed by atoms with Gasteiger partial charge in [-0.3, -0.25) is 4.79 Å². The molecule has 29 heavy (non-hydrogen) atoms. The molecular formula is C21H17Cl3N4O. The van der Waals surface area contributed by atoms with Gasteiger partial charge < -0.3 is 9.80 Å². The molecule has 148 valence electrons. The second kappa shape index (κ2) is 8.57. The summed E-state index contributed by atoms with van der Waals surface area (Å²) < 4.78 is 0. The summed E-state index contributed by atoms with van der Waals surface area (Å²) in [5.41, 5.74) is 2.16. The zero-order valence-corrected chi connectivity index (χ0v) is 17.6. The van der Waals surface area contributed by atoms with Crippen molar-refractivity contribution in [3.05, 3.63) is 75.5 Å². The van der Waals surface area contributed by atoms with Gasteiger partial charge in [0.15, 0.2) is 0 Å². The van der Waals surface area contributed by atoms with Crippen LogP contribution in [0.1, 0.15) is 10.4 Å². The number of halogens is 3. The molecular weight excluding hydrogens is 431 g/mol. The number of nitrogens with zero attached hydrogens (tertiary/aromatic N) is 4. The number of hydrogen-bond donors (Lipinski definition) is 0. The maximum Gasteiger partial charge on any atom is 0.257 e. The Balaban J connectivity index is 1.48. The van der Waals surface area contributed by atoms with Crippen LogP contribution < -0.4 is 4.90 Å². The number of carbonyl (C=O) groups excluding carboxylic acids is 1. The Labute approximate surface area is 183 Å². The monoisotopic (exact) mass is 446 g/mol. The highest BCUT2D eigenvalue weighted by Crippen LogP contribution is 2.32. The third-order valence-electron chi connectivity index (χ3n) is 4.87. The maximum atomic E-state index is 12.9. The minimum atomic E-state index is -0.213. The lowest BCUT2D eigenvalue weighted by atomic mass is 10.1. The summed E-state index contributed by atoms with van der Waals surface area (Å²) in [5, 5.41) is 0.803. The normalized spacial score (nSPS) is 14.2. The highest BCUT2D eigenvalue weighted by atomic mass is 35.5. The summed E-state index contributed by atoms with van der Waals surface area (Å²) in [4.78, 5) is 25.6. The lowest BCUT2D eigenvalue weighted by molar-refractivity contribution is 0.0747. The van der Waals surface area contributed by atoms with Crippen molar-refractivity contribution in [1.82, 2.24) is 14.9 Å². The molecule has 0 saturated carbocycles. The quantitative estimate of drug-likeness (QED) is 0.526. The standard InChI is InChI=1S/C21H17Cl3N4O/c22-15-6-7-16(23)20(24)19(15)21(29)28-10-8-27(9-11-28)18-12-17(25-13-26-18)14-4-2-1-3-5-14/h1-7,12-13H,8-11H2. The Morgan fingerprint density at radius 1 is 0.862 bits per heavy atom. The molecule has 0 radical (unpaired) electrons. The van der Waals surface area contributed by atoms with Crippen LogP contribution in [0.3, 0.4) is 0 Å². The van der Waals surface area contributed by atoms with Crippen LogP contribution in [0, 0.1) is 0 Å². The minimum absolute atomic E-state index is 0.190. The van der Waals surface area contributed by atoms with Crippen molar-refractivity contribution in [2.24, 2.45) is 0 Å². The third kappa shape index (κ3) is 4.17. The summed E-state index contributed by atoms with van der Waals surface area (Å²) in [6.07, 6.45) is 1.57. The van der Waals surface area contributed by atoms with E-state index in [1.807, 2.05) is 36.4 Å². The summed E-state index contributed by atoms with van der Waals surface area (Å²) in [6.45, 7) is 2.35. The second-order valence-corrected chi connectivity index (χ2v) is 7.82. The van der Waals surface area contributed by atoms with Gasteiger partial charge in [-0.25, -0.2) is 9.97 Å². The van der Waals surface area contributed by atoms with E-state index < -0.39 is 0 Å². The number of benzene rings is 2. The number of aromatic nitrogens is 2. The van der Waals surface area contributed by atoms with Crippen molar-refractivity contribution >= 4 is 46.5 Å². The van der Waals surface area contributed by atoms with Gasteiger partial charge in [-0.2, -0.15) is 0 Å². The average Bonchev–Trinajstić information content (AvgIpc) is 2.77. The molecule has 5 nitrogen and oxygen atoms in total. The van der Waals surface area contributed by atoms with Crippen LogP contribution in [0.5, 0.6) is 0 Å². The van der Waals surface area contributed by atoms with Gasteiger partial charge in [0.25, 0.3) is 5.91 Å². The summed E-state index contributed by atoms with van der Waals surface area (Å²) in [6, 6.07) is 15.1. The van der Waals surface area contributed by atoms with Gasteiger partial charge in [0.05, 0.1) is 26.3 Å². The molecule has 1 fully saturated rings. The molecule has 0 atom stereocenters. The Morgan fingerprint density at radius 2 is 1.55 bits per heavy atom. The van der Waals surface area contributed by atoms with E-state index in [1.54, 1.807) is 23.4 Å². The molecule has 1 amide bonds. The lowest BCUT2D eigenvalue weighted by Gasteiger charge is -2.35. The maximum absolute atomic E-state index is 12.9. The van der Waals surface area contributed by atoms with Crippen LogP contribution in [0.4, 0.5) is 5.82 Å². The zero-order chi connectivity index (χ0) is 20.4. The Hall–Kier alpha value is -2.34. The van der Waals surface area contributed by atoms with E-state index in [-0.39, 0.29) is 16.5 Å². The topological polar surface area (TPSA) is 49.3 Å². The molecule has 0 aliphatic carbocycles. The summed E-state index contributed by atoms with van der Waals surface area (Å²) in [7, 11) is 0. The van der Waals surface area contributed by atoms with Crippen molar-refractivity contribution in [2.75, 3.05) is 31.1 Å². The molecule has 0 N–H and O–H groups in total. The van der Waals surface area contributed by atoms with E-state index in [1.165, 1.54) is 0 Å². The van der Waals surface area contributed by atoms with Crippen LogP contribution >= 0.6 is 34.8 Å². The Kier molecular flexibility index (Phi) is 5.90. The molecule has 2 aromatic carbocycles. The number of piperazine rings is 1. The van der Waals surface area contributed by atoms with E-state index in [9.17, 15) is 4.79 Å². The lowest BCUT2D eigenvalue weighted by Crippen LogP contribution is -2.49. The Bertz CT molecular complexity index is 1040. The third-order valence-corrected chi connectivity index (χ3v) is 5.99. The first-order chi connectivity index (χ1) is 14.0. The van der Waals surface area contributed by atoms with E-state index in [2.05, 4.69) is 14.9 Å². The second-order valence-electron chi connectivity index (χ2n) is 6.62. The number of hydrogen-bond acceptors (Lipinski definition) is 4. The van der Waals surface area contributed by atoms with Gasteiger partial charge in [0.1, 0.15) is 12.1 Å². The molecule has 8 heteroatoms. The first-order valence-corrected chi connectivity index (χ1v) is 10.2. The van der Waals surface area contributed by atoms with E-state index in [4.69, 9.17) is 34.8 Å². The predicted octanol–water partition coefficient (Wildman–Crippen LogP) is 5.07. The molecule has 2 heterocycles. The number of anilines is 1. The molecule has 1 aromatic heterocycles. The molecule has 0 bridgehead atoms. The molecule has 1 aliphatic heterocycles. The zero-order valence-electron chi connectivity index (χ0n) is 15.4. The molecule has 0 spiro atoms. The minimum Gasteiger partial charge on any atom is -0.353 e. The molecule has 0 unspecified atom stereocenters. The van der Waals surface area contributed by atoms with Crippen molar-refractivity contribution in [3.63, 3.8) is 0 Å². The smallest absolute Gasteiger partial charge is 0.257 e. The first-order valence-electron chi connectivity index (χ1n) is 9.10. The fraction of sp³-hybridized carbons (Fsp3) is 0.190. The fourth-order valence-corrected chi connectivity index (χ4v) is 4.00. The van der Waals surface area contributed by atoms with Gasteiger partial charge in [-0.05, 0) is 12.1 Å². The largest absolute Gasteiger partial charge is 0.353 e. The molecule has 1 saturated heterocycles. The predicted molar refractivity (Wildman–Crippen MR) is 117 cm³/mol. The number of rotatable bonds is 3. The molecule has 3 aromatic rings. The van der Waals surface area contributed by atoms with Gasteiger partial charge in [0, 0.05) is 37.8 Å². The van der Waals surface area contributed by atoms with Crippen molar-refractivity contribution in [3.8, 4) is 11.3 Å². The van der Waals surface area contributed by atoms with Crippen molar-refractivity contribution in [2.45, 2.75) is 0 Å². The van der Waals surface area contributed by atoms with Gasteiger partial charge in [0.2, 0.25) is 0 Å². The van der Waals surface area contributed by atoms with Crippen LogP contribution in [0.2, 0.25) is 15.1 Å². The van der Waals surface area contributed by atoms with Crippen LogP contribution in [-0.4, -0.2) is 47.0 Å². The number of amides is 1. The van der Waals surface area contributed by atoms with Crippen molar-refractivity contribution in [1.29, 1.82) is 0 Å². The Morgan fingerprint density at radius 3 is 2.28 bits per heavy atom.